The Hall–Kier alpha value is -3.09. The van der Waals surface area contributed by atoms with Gasteiger partial charge < -0.3 is 19.5 Å². The molecule has 0 radical (unpaired) electrons. The number of rotatable bonds is 7. The van der Waals surface area contributed by atoms with Gasteiger partial charge in [-0.3, -0.25) is 9.59 Å². The zero-order valence-electron chi connectivity index (χ0n) is 13.6. The number of nitrogens with zero attached hydrogens (tertiary/aromatic N) is 2. The number of methoxy groups -OCH3 is 1. The van der Waals surface area contributed by atoms with Crippen molar-refractivity contribution in [2.45, 2.75) is 6.92 Å². The second-order valence-electron chi connectivity index (χ2n) is 5.08. The number of carbonyl (C=O) groups excluding carboxylic acids is 2. The zero-order valence-corrected chi connectivity index (χ0v) is 13.6. The number of carbonyl (C=O) groups is 2. The summed E-state index contributed by atoms with van der Waals surface area (Å²) in [6, 6.07) is 8.35. The normalized spacial score (nSPS) is 10.1. The van der Waals surface area contributed by atoms with Gasteiger partial charge in [0.05, 0.1) is 7.11 Å². The minimum Gasteiger partial charge on any atom is -0.497 e. The Balaban J connectivity index is 2.08. The lowest BCUT2D eigenvalue weighted by atomic mass is 10.2. The number of aromatic nitrogens is 1. The van der Waals surface area contributed by atoms with Gasteiger partial charge in [0, 0.05) is 18.2 Å². The highest BCUT2D eigenvalue weighted by Gasteiger charge is 2.19. The van der Waals surface area contributed by atoms with E-state index in [0.29, 0.717) is 22.9 Å². The van der Waals surface area contributed by atoms with E-state index in [-0.39, 0.29) is 24.9 Å². The van der Waals surface area contributed by atoms with Gasteiger partial charge in [-0.1, -0.05) is 17.3 Å². The van der Waals surface area contributed by atoms with Gasteiger partial charge in [0.25, 0.3) is 5.91 Å². The Morgan fingerprint density at radius 1 is 1.42 bits per heavy atom. The first-order valence-electron chi connectivity index (χ1n) is 7.31. The third-order valence-corrected chi connectivity index (χ3v) is 3.18. The van der Waals surface area contributed by atoms with Crippen molar-refractivity contribution in [1.29, 1.82) is 0 Å². The number of hydrogen-bond acceptors (Lipinski definition) is 5. The van der Waals surface area contributed by atoms with Crippen molar-refractivity contribution >= 4 is 17.6 Å². The highest BCUT2D eigenvalue weighted by Crippen LogP contribution is 2.15. The Morgan fingerprint density at radius 2 is 2.21 bits per heavy atom. The molecule has 0 unspecified atom stereocenters. The molecule has 1 aromatic carbocycles. The average Bonchev–Trinajstić information content (AvgIpc) is 2.98. The van der Waals surface area contributed by atoms with Crippen molar-refractivity contribution in [2.24, 2.45) is 0 Å². The van der Waals surface area contributed by atoms with Gasteiger partial charge in [0.1, 0.15) is 18.1 Å². The van der Waals surface area contributed by atoms with Gasteiger partial charge in [0.2, 0.25) is 5.91 Å². The molecule has 2 rings (SSSR count). The summed E-state index contributed by atoms with van der Waals surface area (Å²) in [6.45, 7) is 5.45. The molecule has 0 aliphatic heterocycles. The number of anilines is 1. The third kappa shape index (κ3) is 4.45. The summed E-state index contributed by atoms with van der Waals surface area (Å²) in [6.07, 6.45) is 1.56. The molecule has 1 N–H and O–H groups in total. The SMILES string of the molecule is C=CCN(CC(=O)Nc1cc(C)on1)C(=O)c1cccc(OC)c1. The van der Waals surface area contributed by atoms with Gasteiger partial charge in [-0.2, -0.15) is 0 Å². The van der Waals surface area contributed by atoms with Crippen molar-refractivity contribution in [2.75, 3.05) is 25.5 Å². The molecule has 7 heteroatoms. The van der Waals surface area contributed by atoms with Crippen LogP contribution in [0.2, 0.25) is 0 Å². The van der Waals surface area contributed by atoms with E-state index in [4.69, 9.17) is 9.26 Å². The van der Waals surface area contributed by atoms with E-state index in [1.54, 1.807) is 43.3 Å². The summed E-state index contributed by atoms with van der Waals surface area (Å²) >= 11 is 0. The molecular weight excluding hydrogens is 310 g/mol. The molecule has 0 aliphatic rings. The second kappa shape index (κ2) is 7.96. The van der Waals surface area contributed by atoms with E-state index in [1.807, 2.05) is 0 Å². The van der Waals surface area contributed by atoms with Gasteiger partial charge in [-0.15, -0.1) is 6.58 Å². The monoisotopic (exact) mass is 329 g/mol. The van der Waals surface area contributed by atoms with Gasteiger partial charge >= 0.3 is 0 Å². The van der Waals surface area contributed by atoms with Crippen LogP contribution in [-0.4, -0.2) is 42.1 Å². The molecule has 2 aromatic rings. The summed E-state index contributed by atoms with van der Waals surface area (Å²) in [5, 5.41) is 6.27. The van der Waals surface area contributed by atoms with Gasteiger partial charge in [0.15, 0.2) is 5.82 Å². The van der Waals surface area contributed by atoms with E-state index in [2.05, 4.69) is 17.1 Å². The number of hydrogen-bond donors (Lipinski definition) is 1. The van der Waals surface area contributed by atoms with Crippen molar-refractivity contribution in [1.82, 2.24) is 10.1 Å². The molecule has 0 saturated heterocycles. The first-order valence-corrected chi connectivity index (χ1v) is 7.31. The molecule has 24 heavy (non-hydrogen) atoms. The first-order chi connectivity index (χ1) is 11.5. The predicted molar refractivity (Wildman–Crippen MR) is 89.0 cm³/mol. The molecule has 7 nitrogen and oxygen atoms in total. The van der Waals surface area contributed by atoms with Crippen LogP contribution in [0.15, 0.2) is 47.5 Å². The summed E-state index contributed by atoms with van der Waals surface area (Å²) in [7, 11) is 1.53. The van der Waals surface area contributed by atoms with Crippen LogP contribution in [0, 0.1) is 6.92 Å². The van der Waals surface area contributed by atoms with Crippen LogP contribution in [0.4, 0.5) is 5.82 Å². The molecular formula is C17H19N3O4. The van der Waals surface area contributed by atoms with Gasteiger partial charge in [-0.25, -0.2) is 0 Å². The Morgan fingerprint density at radius 3 is 2.83 bits per heavy atom. The second-order valence-corrected chi connectivity index (χ2v) is 5.08. The maximum Gasteiger partial charge on any atom is 0.254 e. The lowest BCUT2D eigenvalue weighted by Crippen LogP contribution is -2.38. The Kier molecular flexibility index (Phi) is 5.73. The summed E-state index contributed by atoms with van der Waals surface area (Å²) < 4.78 is 10.0. The zero-order chi connectivity index (χ0) is 17.5. The predicted octanol–water partition coefficient (Wildman–Crippen LogP) is 2.26. The van der Waals surface area contributed by atoms with Crippen LogP contribution < -0.4 is 10.1 Å². The van der Waals surface area contributed by atoms with Crippen LogP contribution >= 0.6 is 0 Å². The fourth-order valence-electron chi connectivity index (χ4n) is 2.09. The molecule has 0 bridgehead atoms. The number of nitrogens with one attached hydrogen (secondary N) is 1. The largest absolute Gasteiger partial charge is 0.497 e. The van der Waals surface area contributed by atoms with Crippen molar-refractivity contribution in [3.63, 3.8) is 0 Å². The van der Waals surface area contributed by atoms with E-state index >= 15 is 0 Å². The van der Waals surface area contributed by atoms with E-state index < -0.39 is 0 Å². The quantitative estimate of drug-likeness (QED) is 0.788. The van der Waals surface area contributed by atoms with Crippen LogP contribution in [0.5, 0.6) is 5.75 Å². The van der Waals surface area contributed by atoms with Crippen LogP contribution in [0.1, 0.15) is 16.1 Å². The number of ether oxygens (including phenoxy) is 1. The standard InChI is InChI=1S/C17H19N3O4/c1-4-8-20(11-16(21)18-15-9-12(2)24-19-15)17(22)13-6-5-7-14(10-13)23-3/h4-7,9-10H,1,8,11H2,2-3H3,(H,18,19,21). The molecule has 0 atom stereocenters. The molecule has 2 amide bonds. The smallest absolute Gasteiger partial charge is 0.254 e. The highest BCUT2D eigenvalue weighted by atomic mass is 16.5. The lowest BCUT2D eigenvalue weighted by molar-refractivity contribution is -0.116. The first kappa shape index (κ1) is 17.3. The topological polar surface area (TPSA) is 84.7 Å². The maximum atomic E-state index is 12.6. The molecule has 0 aliphatic carbocycles. The van der Waals surface area contributed by atoms with E-state index in [0.717, 1.165) is 0 Å². The number of benzene rings is 1. The van der Waals surface area contributed by atoms with E-state index in [9.17, 15) is 9.59 Å². The molecule has 1 heterocycles. The number of aryl methyl sites for hydroxylation is 1. The lowest BCUT2D eigenvalue weighted by Gasteiger charge is -2.20. The van der Waals surface area contributed by atoms with Crippen molar-refractivity contribution < 1.29 is 18.8 Å². The summed E-state index contributed by atoms with van der Waals surface area (Å²) in [5.74, 6) is 0.800. The van der Waals surface area contributed by atoms with Crippen LogP contribution in [-0.2, 0) is 4.79 Å². The van der Waals surface area contributed by atoms with Crippen LogP contribution in [0.25, 0.3) is 0 Å². The maximum absolute atomic E-state index is 12.6. The third-order valence-electron chi connectivity index (χ3n) is 3.18. The Labute approximate surface area is 139 Å². The van der Waals surface area contributed by atoms with Gasteiger partial charge in [-0.05, 0) is 25.1 Å². The molecule has 126 valence electrons. The van der Waals surface area contributed by atoms with Crippen molar-refractivity contribution in [3.8, 4) is 5.75 Å². The number of amides is 2. The van der Waals surface area contributed by atoms with E-state index in [1.165, 1.54) is 12.0 Å². The fraction of sp³-hybridized carbons (Fsp3) is 0.235. The molecule has 0 spiro atoms. The summed E-state index contributed by atoms with van der Waals surface area (Å²) in [5.41, 5.74) is 0.432. The molecule has 1 aromatic heterocycles. The Bertz CT molecular complexity index is 739. The summed E-state index contributed by atoms with van der Waals surface area (Å²) in [4.78, 5) is 26.1. The fourth-order valence-corrected chi connectivity index (χ4v) is 2.09. The molecule has 0 fully saturated rings. The van der Waals surface area contributed by atoms with Crippen LogP contribution in [0.3, 0.4) is 0 Å². The van der Waals surface area contributed by atoms with Crippen molar-refractivity contribution in [3.05, 3.63) is 54.3 Å². The average molecular weight is 329 g/mol. The minimum absolute atomic E-state index is 0.131. The minimum atomic E-state index is -0.374. The molecule has 0 saturated carbocycles. The highest BCUT2D eigenvalue weighted by molar-refractivity contribution is 5.99.